The zero-order valence-electron chi connectivity index (χ0n) is 11.9. The highest BCUT2D eigenvalue weighted by atomic mass is 32.2. The maximum absolute atomic E-state index is 12.1. The molecule has 6 nitrogen and oxygen atoms in total. The van der Waals surface area contributed by atoms with Gasteiger partial charge in [0.05, 0.1) is 18.8 Å². The number of aliphatic carboxylic acids is 1. The number of carbonyl (C=O) groups is 1. The number of carboxylic acid groups (broad SMARTS) is 1. The summed E-state index contributed by atoms with van der Waals surface area (Å²) in [6.07, 6.45) is 1.08. The largest absolute Gasteiger partial charge is 0.493 e. The number of benzene rings is 1. The van der Waals surface area contributed by atoms with Crippen molar-refractivity contribution in [1.82, 2.24) is 4.31 Å². The number of ether oxygens (including phenoxy) is 1. The molecule has 116 valence electrons. The lowest BCUT2D eigenvalue weighted by Gasteiger charge is -2.16. The van der Waals surface area contributed by atoms with Crippen LogP contribution in [0.2, 0.25) is 0 Å². The van der Waals surface area contributed by atoms with Crippen LogP contribution in [-0.4, -0.2) is 49.8 Å². The van der Waals surface area contributed by atoms with E-state index < -0.39 is 16.0 Å². The monoisotopic (exact) mass is 313 g/mol. The second kappa shape index (κ2) is 6.44. The second-order valence-corrected chi connectivity index (χ2v) is 7.27. The van der Waals surface area contributed by atoms with Crippen LogP contribution in [-0.2, 0) is 27.7 Å². The third-order valence-electron chi connectivity index (χ3n) is 3.52. The van der Waals surface area contributed by atoms with Gasteiger partial charge in [0, 0.05) is 20.0 Å². The molecular formula is C14H19NO5S. The molecule has 0 saturated heterocycles. The molecule has 0 radical (unpaired) electrons. The Morgan fingerprint density at radius 2 is 2.19 bits per heavy atom. The third kappa shape index (κ3) is 4.18. The molecule has 1 heterocycles. The Morgan fingerprint density at radius 3 is 2.90 bits per heavy atom. The summed E-state index contributed by atoms with van der Waals surface area (Å²) in [5, 5.41) is 8.59. The molecule has 0 atom stereocenters. The van der Waals surface area contributed by atoms with Crippen LogP contribution in [0.3, 0.4) is 0 Å². The minimum atomic E-state index is -3.43. The zero-order chi connectivity index (χ0) is 15.5. The van der Waals surface area contributed by atoms with Crippen LogP contribution < -0.4 is 4.74 Å². The van der Waals surface area contributed by atoms with Gasteiger partial charge in [0.15, 0.2) is 0 Å². The smallest absolute Gasteiger partial charge is 0.304 e. The Bertz CT molecular complexity index is 626. The van der Waals surface area contributed by atoms with Crippen LogP contribution in [0.15, 0.2) is 18.2 Å². The molecule has 0 saturated carbocycles. The molecule has 2 rings (SSSR count). The molecule has 0 amide bonds. The predicted molar refractivity (Wildman–Crippen MR) is 78.0 cm³/mol. The van der Waals surface area contributed by atoms with E-state index in [9.17, 15) is 13.2 Å². The number of rotatable bonds is 7. The fourth-order valence-electron chi connectivity index (χ4n) is 2.19. The Labute approximate surface area is 124 Å². The SMILES string of the molecule is CN(CCC(=O)O)S(=O)(=O)CCc1ccc2c(c1)CCO2. The van der Waals surface area contributed by atoms with Crippen molar-refractivity contribution in [3.63, 3.8) is 0 Å². The van der Waals surface area contributed by atoms with Gasteiger partial charge in [-0.3, -0.25) is 4.79 Å². The molecule has 0 aliphatic carbocycles. The van der Waals surface area contributed by atoms with Crippen molar-refractivity contribution in [2.24, 2.45) is 0 Å². The van der Waals surface area contributed by atoms with Gasteiger partial charge in [0.1, 0.15) is 5.75 Å². The lowest BCUT2D eigenvalue weighted by molar-refractivity contribution is -0.137. The van der Waals surface area contributed by atoms with E-state index in [1.807, 2.05) is 18.2 Å². The highest BCUT2D eigenvalue weighted by Gasteiger charge is 2.19. The van der Waals surface area contributed by atoms with Gasteiger partial charge in [-0.2, -0.15) is 0 Å². The van der Waals surface area contributed by atoms with E-state index in [4.69, 9.17) is 9.84 Å². The molecule has 1 aromatic carbocycles. The van der Waals surface area contributed by atoms with E-state index in [0.717, 1.165) is 27.6 Å². The van der Waals surface area contributed by atoms with Crippen LogP contribution >= 0.6 is 0 Å². The molecule has 0 fully saturated rings. The number of sulfonamides is 1. The molecule has 1 aliphatic heterocycles. The Balaban J connectivity index is 1.93. The summed E-state index contributed by atoms with van der Waals surface area (Å²) in [4.78, 5) is 10.5. The summed E-state index contributed by atoms with van der Waals surface area (Å²) in [5.74, 6) is -0.154. The topological polar surface area (TPSA) is 83.9 Å². The van der Waals surface area contributed by atoms with Gasteiger partial charge in [-0.05, 0) is 23.6 Å². The van der Waals surface area contributed by atoms with Gasteiger partial charge in [-0.15, -0.1) is 0 Å². The highest BCUT2D eigenvalue weighted by Crippen LogP contribution is 2.26. The highest BCUT2D eigenvalue weighted by molar-refractivity contribution is 7.89. The predicted octanol–water partition coefficient (Wildman–Crippen LogP) is 0.900. The third-order valence-corrected chi connectivity index (χ3v) is 5.37. The first-order chi connectivity index (χ1) is 9.88. The number of hydrogen-bond acceptors (Lipinski definition) is 4. The molecule has 0 spiro atoms. The molecular weight excluding hydrogens is 294 g/mol. The number of carboxylic acids is 1. The van der Waals surface area contributed by atoms with Crippen molar-refractivity contribution in [2.75, 3.05) is 26.0 Å². The first-order valence-electron chi connectivity index (χ1n) is 6.79. The van der Waals surface area contributed by atoms with Gasteiger partial charge in [0.25, 0.3) is 0 Å². The van der Waals surface area contributed by atoms with Gasteiger partial charge in [-0.1, -0.05) is 12.1 Å². The van der Waals surface area contributed by atoms with Crippen LogP contribution in [0.25, 0.3) is 0 Å². The van der Waals surface area contributed by atoms with Crippen LogP contribution in [0, 0.1) is 0 Å². The number of nitrogens with zero attached hydrogens (tertiary/aromatic N) is 1. The van der Waals surface area contributed by atoms with Crippen molar-refractivity contribution < 1.29 is 23.1 Å². The van der Waals surface area contributed by atoms with E-state index >= 15 is 0 Å². The lowest BCUT2D eigenvalue weighted by Crippen LogP contribution is -2.31. The van der Waals surface area contributed by atoms with Crippen molar-refractivity contribution in [3.05, 3.63) is 29.3 Å². The molecule has 0 unspecified atom stereocenters. The zero-order valence-corrected chi connectivity index (χ0v) is 12.7. The van der Waals surface area contributed by atoms with E-state index in [-0.39, 0.29) is 18.7 Å². The Morgan fingerprint density at radius 1 is 1.43 bits per heavy atom. The summed E-state index contributed by atoms with van der Waals surface area (Å²) in [5.41, 5.74) is 2.07. The molecule has 1 aliphatic rings. The van der Waals surface area contributed by atoms with Crippen molar-refractivity contribution >= 4 is 16.0 Å². The van der Waals surface area contributed by atoms with Crippen LogP contribution in [0.5, 0.6) is 5.75 Å². The first kappa shape index (κ1) is 15.8. The van der Waals surface area contributed by atoms with Gasteiger partial charge in [-0.25, -0.2) is 12.7 Å². The first-order valence-corrected chi connectivity index (χ1v) is 8.40. The summed E-state index contributed by atoms with van der Waals surface area (Å²) >= 11 is 0. The quantitative estimate of drug-likeness (QED) is 0.808. The van der Waals surface area contributed by atoms with Gasteiger partial charge >= 0.3 is 5.97 Å². The van der Waals surface area contributed by atoms with Gasteiger partial charge < -0.3 is 9.84 Å². The van der Waals surface area contributed by atoms with E-state index in [0.29, 0.717) is 13.0 Å². The lowest BCUT2D eigenvalue weighted by atomic mass is 10.1. The second-order valence-electron chi connectivity index (χ2n) is 5.07. The Hall–Kier alpha value is -1.60. The van der Waals surface area contributed by atoms with Crippen molar-refractivity contribution in [3.8, 4) is 5.75 Å². The maximum atomic E-state index is 12.1. The van der Waals surface area contributed by atoms with E-state index in [1.165, 1.54) is 7.05 Å². The van der Waals surface area contributed by atoms with Crippen LogP contribution in [0.1, 0.15) is 17.5 Å². The molecule has 0 aromatic heterocycles. The normalized spacial score (nSPS) is 14.0. The minimum Gasteiger partial charge on any atom is -0.493 e. The maximum Gasteiger partial charge on any atom is 0.304 e. The van der Waals surface area contributed by atoms with Crippen molar-refractivity contribution in [1.29, 1.82) is 0 Å². The average Bonchev–Trinajstić information content (AvgIpc) is 2.89. The molecule has 1 aromatic rings. The summed E-state index contributed by atoms with van der Waals surface area (Å²) in [6.45, 7) is 0.671. The molecule has 1 N–H and O–H groups in total. The van der Waals surface area contributed by atoms with E-state index in [1.54, 1.807) is 0 Å². The van der Waals surface area contributed by atoms with E-state index in [2.05, 4.69) is 0 Å². The minimum absolute atomic E-state index is 0.00427. The van der Waals surface area contributed by atoms with Gasteiger partial charge in [0.2, 0.25) is 10.0 Å². The number of aryl methyl sites for hydroxylation is 1. The molecule has 21 heavy (non-hydrogen) atoms. The molecule has 0 bridgehead atoms. The fraction of sp³-hybridized carbons (Fsp3) is 0.500. The summed E-state index contributed by atoms with van der Waals surface area (Å²) < 4.78 is 30.6. The van der Waals surface area contributed by atoms with Crippen molar-refractivity contribution in [2.45, 2.75) is 19.3 Å². The average molecular weight is 313 g/mol. The number of hydrogen-bond donors (Lipinski definition) is 1. The Kier molecular flexibility index (Phi) is 4.84. The number of fused-ring (bicyclic) bond motifs is 1. The van der Waals surface area contributed by atoms with Crippen LogP contribution in [0.4, 0.5) is 0 Å². The summed E-state index contributed by atoms with van der Waals surface area (Å²) in [7, 11) is -2.02. The fourth-order valence-corrected chi connectivity index (χ4v) is 3.37. The summed E-state index contributed by atoms with van der Waals surface area (Å²) in [6, 6.07) is 5.73. The molecule has 7 heteroatoms. The standard InChI is InChI=1S/C14H19NO5S/c1-15(7-4-14(16)17)21(18,19)9-6-11-2-3-13-12(10-11)5-8-20-13/h2-3,10H,4-9H2,1H3,(H,16,17).